The summed E-state index contributed by atoms with van der Waals surface area (Å²) in [6, 6.07) is 9.26. The van der Waals surface area contributed by atoms with Gasteiger partial charge in [0.25, 0.3) is 0 Å². The molecule has 0 aliphatic carbocycles. The van der Waals surface area contributed by atoms with Crippen LogP contribution in [0.5, 0.6) is 0 Å². The number of ether oxygens (including phenoxy) is 1. The number of benzene rings is 1. The summed E-state index contributed by atoms with van der Waals surface area (Å²) in [5.41, 5.74) is 1.74. The molecule has 3 amide bonds. The fraction of sp³-hybridized carbons (Fsp3) is 0.455. The van der Waals surface area contributed by atoms with E-state index in [1.54, 1.807) is 23.9 Å². The lowest BCUT2D eigenvalue weighted by atomic mass is 10.0. The van der Waals surface area contributed by atoms with Gasteiger partial charge < -0.3 is 20.7 Å². The second-order valence-corrected chi connectivity index (χ2v) is 9.10. The molecule has 0 bridgehead atoms. The first-order chi connectivity index (χ1) is 15.5. The number of carbonyl (C=O) groups is 3. The number of nitrogens with zero attached hydrogens (tertiary/aromatic N) is 2. The Bertz CT molecular complexity index is 977. The van der Waals surface area contributed by atoms with Gasteiger partial charge in [-0.1, -0.05) is 6.42 Å². The van der Waals surface area contributed by atoms with Gasteiger partial charge in [-0.25, -0.2) is 14.3 Å². The molecule has 0 radical (unpaired) electrons. The number of rotatable bonds is 9. The second-order valence-electron chi connectivity index (χ2n) is 7.83. The lowest BCUT2D eigenvalue weighted by Gasteiger charge is -2.16. The van der Waals surface area contributed by atoms with E-state index in [0.717, 1.165) is 30.7 Å². The fourth-order valence-electron chi connectivity index (χ4n) is 3.98. The zero-order valence-electron chi connectivity index (χ0n) is 17.9. The Labute approximate surface area is 190 Å². The largest absolute Gasteiger partial charge is 0.461 e. The summed E-state index contributed by atoms with van der Waals surface area (Å²) < 4.78 is 6.54. The van der Waals surface area contributed by atoms with Gasteiger partial charge >= 0.3 is 12.0 Å². The Morgan fingerprint density at radius 1 is 1.22 bits per heavy atom. The molecule has 3 N–H and O–H groups in total. The molecule has 3 atom stereocenters. The predicted molar refractivity (Wildman–Crippen MR) is 122 cm³/mol. The van der Waals surface area contributed by atoms with Crippen LogP contribution < -0.4 is 16.0 Å². The Morgan fingerprint density at radius 2 is 2.03 bits per heavy atom. The van der Waals surface area contributed by atoms with Crippen LogP contribution in [0.4, 0.5) is 10.5 Å². The van der Waals surface area contributed by atoms with E-state index >= 15 is 0 Å². The minimum atomic E-state index is -0.453. The molecule has 4 rings (SSSR count). The normalized spacial score (nSPS) is 21.5. The minimum Gasteiger partial charge on any atom is -0.461 e. The van der Waals surface area contributed by atoms with Crippen molar-refractivity contribution >= 4 is 35.4 Å². The van der Waals surface area contributed by atoms with Crippen molar-refractivity contribution in [2.24, 2.45) is 0 Å². The number of hydrogen-bond donors (Lipinski definition) is 3. The summed E-state index contributed by atoms with van der Waals surface area (Å²) in [5.74, 6) is 0.480. The standard InChI is InChI=1S/C22H27N5O4S/c1-2-31-21(29)16-11-12-27(26-16)15-9-7-14(8-10-15)23-19(28)6-4-3-5-18-20-17(13-32-18)24-22(30)25-20/h7-12,17-18,20H,2-6,13H2,1H3,(H,23,28)(H2,24,25,30)/t17-,18-,20-/m0/s1. The number of nitrogens with one attached hydrogen (secondary N) is 3. The van der Waals surface area contributed by atoms with Crippen LogP contribution in [-0.4, -0.2) is 57.4 Å². The van der Waals surface area contributed by atoms with Crippen LogP contribution in [-0.2, 0) is 9.53 Å². The van der Waals surface area contributed by atoms with Crippen molar-refractivity contribution in [2.75, 3.05) is 17.7 Å². The number of hydrogen-bond acceptors (Lipinski definition) is 6. The quantitative estimate of drug-likeness (QED) is 0.303. The zero-order chi connectivity index (χ0) is 22.5. The van der Waals surface area contributed by atoms with Gasteiger partial charge in [0, 0.05) is 29.3 Å². The van der Waals surface area contributed by atoms with E-state index in [-0.39, 0.29) is 29.7 Å². The van der Waals surface area contributed by atoms with E-state index in [1.807, 2.05) is 36.0 Å². The highest BCUT2D eigenvalue weighted by atomic mass is 32.2. The molecule has 0 saturated carbocycles. The SMILES string of the molecule is CCOC(=O)c1ccn(-c2ccc(NC(=O)CCCC[C@@H]3SC[C@@H]4NC(=O)N[C@@H]43)cc2)n1. The predicted octanol–water partition coefficient (Wildman–Crippen LogP) is 2.71. The zero-order valence-corrected chi connectivity index (χ0v) is 18.7. The number of fused-ring (bicyclic) bond motifs is 1. The monoisotopic (exact) mass is 457 g/mol. The first-order valence-electron chi connectivity index (χ1n) is 10.8. The van der Waals surface area contributed by atoms with Crippen LogP contribution in [0.2, 0.25) is 0 Å². The molecular formula is C22H27N5O4S. The Kier molecular flexibility index (Phi) is 6.99. The molecule has 2 saturated heterocycles. The van der Waals surface area contributed by atoms with Crippen molar-refractivity contribution in [2.45, 2.75) is 49.9 Å². The molecular weight excluding hydrogens is 430 g/mol. The molecule has 1 aromatic heterocycles. The molecule has 9 nitrogen and oxygen atoms in total. The molecule has 0 spiro atoms. The molecule has 2 aliphatic rings. The molecule has 1 aromatic carbocycles. The summed E-state index contributed by atoms with van der Waals surface area (Å²) in [6.07, 6.45) is 4.90. The Hall–Kier alpha value is -3.01. The number of amides is 3. The van der Waals surface area contributed by atoms with Crippen molar-refractivity contribution in [1.82, 2.24) is 20.4 Å². The van der Waals surface area contributed by atoms with Crippen molar-refractivity contribution < 1.29 is 19.1 Å². The Morgan fingerprint density at radius 3 is 2.81 bits per heavy atom. The van der Waals surface area contributed by atoms with Gasteiger partial charge in [0.1, 0.15) is 0 Å². The Balaban J connectivity index is 1.19. The first-order valence-corrected chi connectivity index (χ1v) is 11.9. The molecule has 3 heterocycles. The highest BCUT2D eigenvalue weighted by Crippen LogP contribution is 2.33. The third-order valence-electron chi connectivity index (χ3n) is 5.57. The van der Waals surface area contributed by atoms with Crippen molar-refractivity contribution in [1.29, 1.82) is 0 Å². The topological polar surface area (TPSA) is 114 Å². The van der Waals surface area contributed by atoms with Gasteiger partial charge in [0.15, 0.2) is 5.69 Å². The van der Waals surface area contributed by atoms with Crippen LogP contribution in [0.15, 0.2) is 36.5 Å². The van der Waals surface area contributed by atoms with Crippen molar-refractivity contribution in [3.05, 3.63) is 42.2 Å². The highest BCUT2D eigenvalue weighted by Gasteiger charge is 2.42. The van der Waals surface area contributed by atoms with Crippen LogP contribution in [0, 0.1) is 0 Å². The van der Waals surface area contributed by atoms with E-state index in [2.05, 4.69) is 21.0 Å². The first kappa shape index (κ1) is 22.2. The minimum absolute atomic E-state index is 0.0192. The number of urea groups is 1. The van der Waals surface area contributed by atoms with Gasteiger partial charge in [0.05, 0.1) is 24.4 Å². The molecule has 10 heteroatoms. The number of anilines is 1. The van der Waals surface area contributed by atoms with Crippen LogP contribution in [0.3, 0.4) is 0 Å². The third kappa shape index (κ3) is 5.24. The average Bonchev–Trinajstić information content (AvgIpc) is 3.49. The van der Waals surface area contributed by atoms with Crippen LogP contribution >= 0.6 is 11.8 Å². The summed E-state index contributed by atoms with van der Waals surface area (Å²) >= 11 is 1.89. The summed E-state index contributed by atoms with van der Waals surface area (Å²) in [5, 5.41) is 13.5. The van der Waals surface area contributed by atoms with Crippen molar-refractivity contribution in [3.8, 4) is 5.69 Å². The smallest absolute Gasteiger partial charge is 0.358 e. The fourth-order valence-corrected chi connectivity index (χ4v) is 5.52. The van der Waals surface area contributed by atoms with E-state index in [1.165, 1.54) is 0 Å². The molecule has 2 fully saturated rings. The number of unbranched alkanes of at least 4 members (excludes halogenated alkanes) is 1. The number of aromatic nitrogens is 2. The molecule has 0 unspecified atom stereocenters. The molecule has 32 heavy (non-hydrogen) atoms. The number of esters is 1. The lowest BCUT2D eigenvalue weighted by Crippen LogP contribution is -2.36. The average molecular weight is 458 g/mol. The molecule has 2 aliphatic heterocycles. The van der Waals surface area contributed by atoms with E-state index in [0.29, 0.717) is 24.0 Å². The van der Waals surface area contributed by atoms with Gasteiger partial charge in [-0.2, -0.15) is 16.9 Å². The van der Waals surface area contributed by atoms with Gasteiger partial charge in [-0.15, -0.1) is 0 Å². The maximum absolute atomic E-state index is 12.3. The van der Waals surface area contributed by atoms with Crippen molar-refractivity contribution in [3.63, 3.8) is 0 Å². The highest BCUT2D eigenvalue weighted by molar-refractivity contribution is 8.00. The van der Waals surface area contributed by atoms with E-state index < -0.39 is 5.97 Å². The second kappa shape index (κ2) is 10.1. The van der Waals surface area contributed by atoms with Crippen LogP contribution in [0.25, 0.3) is 5.69 Å². The van der Waals surface area contributed by atoms with E-state index in [9.17, 15) is 14.4 Å². The summed E-state index contributed by atoms with van der Waals surface area (Å²) in [7, 11) is 0. The third-order valence-corrected chi connectivity index (χ3v) is 7.08. The molecule has 170 valence electrons. The summed E-state index contributed by atoms with van der Waals surface area (Å²) in [4.78, 5) is 35.5. The summed E-state index contributed by atoms with van der Waals surface area (Å²) in [6.45, 7) is 2.05. The van der Waals surface area contributed by atoms with Gasteiger partial charge in [0.2, 0.25) is 5.91 Å². The maximum Gasteiger partial charge on any atom is 0.358 e. The number of thioether (sulfide) groups is 1. The van der Waals surface area contributed by atoms with Gasteiger partial charge in [-0.3, -0.25) is 4.79 Å². The van der Waals surface area contributed by atoms with Gasteiger partial charge in [-0.05, 0) is 50.1 Å². The number of carbonyl (C=O) groups excluding carboxylic acids is 3. The lowest BCUT2D eigenvalue weighted by molar-refractivity contribution is -0.116. The van der Waals surface area contributed by atoms with E-state index in [4.69, 9.17) is 4.74 Å². The van der Waals surface area contributed by atoms with Crippen LogP contribution in [0.1, 0.15) is 43.1 Å². The maximum atomic E-state index is 12.3. The molecule has 2 aromatic rings.